The Morgan fingerprint density at radius 1 is 1.60 bits per heavy atom. The lowest BCUT2D eigenvalue weighted by Crippen LogP contribution is -2.15. The van der Waals surface area contributed by atoms with Gasteiger partial charge >= 0.3 is 4.87 Å². The maximum absolute atomic E-state index is 11.5. The number of thiazole rings is 1. The summed E-state index contributed by atoms with van der Waals surface area (Å²) in [4.78, 5) is 15.4. The third-order valence-corrected chi connectivity index (χ3v) is 3.04. The molecule has 0 radical (unpaired) electrons. The fourth-order valence-electron chi connectivity index (χ4n) is 1.37. The molecule has 0 saturated heterocycles. The molecule has 2 aromatic rings. The third-order valence-electron chi connectivity index (χ3n) is 2.16. The van der Waals surface area contributed by atoms with Crippen molar-refractivity contribution < 1.29 is 0 Å². The van der Waals surface area contributed by atoms with Crippen molar-refractivity contribution in [3.63, 3.8) is 0 Å². The van der Waals surface area contributed by atoms with Gasteiger partial charge in [-0.1, -0.05) is 11.3 Å². The van der Waals surface area contributed by atoms with Gasteiger partial charge in [-0.3, -0.25) is 9.36 Å². The molecule has 78 valence electrons. The Morgan fingerprint density at radius 3 is 3.00 bits per heavy atom. The van der Waals surface area contributed by atoms with E-state index in [1.54, 1.807) is 16.8 Å². The second-order valence-corrected chi connectivity index (χ2v) is 4.14. The van der Waals surface area contributed by atoms with Crippen molar-refractivity contribution in [2.75, 3.05) is 5.73 Å². The summed E-state index contributed by atoms with van der Waals surface area (Å²) in [7, 11) is 0. The lowest BCUT2D eigenvalue weighted by molar-refractivity contribution is 0.754. The average molecular weight is 221 g/mol. The number of nitrogens with two attached hydrogens (primary N) is 1. The molecule has 2 aromatic heterocycles. The molecule has 4 nitrogen and oxygen atoms in total. The monoisotopic (exact) mass is 221 g/mol. The Labute approximate surface area is 91.0 Å². The van der Waals surface area contributed by atoms with Crippen LogP contribution >= 0.6 is 11.3 Å². The first-order chi connectivity index (χ1) is 7.16. The van der Waals surface area contributed by atoms with E-state index in [1.165, 1.54) is 11.3 Å². The average Bonchev–Trinajstić information content (AvgIpc) is 2.50. The van der Waals surface area contributed by atoms with Crippen LogP contribution in [-0.4, -0.2) is 9.55 Å². The lowest BCUT2D eigenvalue weighted by Gasteiger charge is -2.04. The van der Waals surface area contributed by atoms with Gasteiger partial charge in [0.05, 0.1) is 6.54 Å². The SMILES string of the molecule is Cc1csc(=O)n1Cc1ccnc(N)c1. The predicted octanol–water partition coefficient (Wildman–Crippen LogP) is 1.24. The van der Waals surface area contributed by atoms with Crippen LogP contribution in [0.1, 0.15) is 11.3 Å². The van der Waals surface area contributed by atoms with Gasteiger partial charge in [-0.2, -0.15) is 0 Å². The number of aryl methyl sites for hydroxylation is 1. The van der Waals surface area contributed by atoms with E-state index in [0.717, 1.165) is 11.3 Å². The smallest absolute Gasteiger partial charge is 0.307 e. The van der Waals surface area contributed by atoms with E-state index in [1.807, 2.05) is 18.4 Å². The summed E-state index contributed by atoms with van der Waals surface area (Å²) >= 11 is 1.21. The van der Waals surface area contributed by atoms with Crippen LogP contribution in [0.3, 0.4) is 0 Å². The molecule has 2 N–H and O–H groups in total. The quantitative estimate of drug-likeness (QED) is 0.830. The molecule has 0 unspecified atom stereocenters. The summed E-state index contributed by atoms with van der Waals surface area (Å²) in [6.45, 7) is 2.48. The number of rotatable bonds is 2. The molecule has 5 heteroatoms. The molecule has 0 bridgehead atoms. The molecule has 0 fully saturated rings. The molecule has 0 aromatic carbocycles. The van der Waals surface area contributed by atoms with Crippen LogP contribution in [0.15, 0.2) is 28.5 Å². The Balaban J connectivity index is 2.33. The fourth-order valence-corrected chi connectivity index (χ4v) is 2.11. The minimum atomic E-state index is 0.0582. The van der Waals surface area contributed by atoms with Gasteiger partial charge in [0.2, 0.25) is 0 Å². The molecular weight excluding hydrogens is 210 g/mol. The summed E-state index contributed by atoms with van der Waals surface area (Å²) in [6.07, 6.45) is 1.65. The van der Waals surface area contributed by atoms with Crippen molar-refractivity contribution >= 4 is 17.2 Å². The van der Waals surface area contributed by atoms with Crippen molar-refractivity contribution in [1.29, 1.82) is 0 Å². The maximum Gasteiger partial charge on any atom is 0.307 e. The molecule has 0 aliphatic carbocycles. The van der Waals surface area contributed by atoms with E-state index in [0.29, 0.717) is 12.4 Å². The van der Waals surface area contributed by atoms with Crippen LogP contribution in [0.2, 0.25) is 0 Å². The van der Waals surface area contributed by atoms with Gasteiger partial charge in [-0.05, 0) is 24.6 Å². The Morgan fingerprint density at radius 2 is 2.40 bits per heavy atom. The number of anilines is 1. The summed E-state index contributed by atoms with van der Waals surface area (Å²) in [5.41, 5.74) is 7.53. The van der Waals surface area contributed by atoms with Gasteiger partial charge in [-0.15, -0.1) is 0 Å². The van der Waals surface area contributed by atoms with Crippen LogP contribution in [0.4, 0.5) is 5.82 Å². The van der Waals surface area contributed by atoms with Crippen LogP contribution in [0, 0.1) is 6.92 Å². The molecule has 2 rings (SSSR count). The molecule has 0 aliphatic rings. The molecule has 2 heterocycles. The van der Waals surface area contributed by atoms with Crippen molar-refractivity contribution in [3.8, 4) is 0 Å². The second-order valence-electron chi connectivity index (χ2n) is 3.32. The molecule has 0 saturated carbocycles. The Bertz CT molecular complexity index is 529. The van der Waals surface area contributed by atoms with Crippen LogP contribution in [-0.2, 0) is 6.54 Å². The van der Waals surface area contributed by atoms with Crippen LogP contribution < -0.4 is 10.6 Å². The predicted molar refractivity (Wildman–Crippen MR) is 61.1 cm³/mol. The maximum atomic E-state index is 11.5. The highest BCUT2D eigenvalue weighted by molar-refractivity contribution is 7.07. The second kappa shape index (κ2) is 3.86. The molecule has 0 amide bonds. The summed E-state index contributed by atoms with van der Waals surface area (Å²) < 4.78 is 1.72. The zero-order valence-corrected chi connectivity index (χ0v) is 9.12. The Kier molecular flexibility index (Phi) is 2.55. The van der Waals surface area contributed by atoms with Crippen molar-refractivity contribution in [3.05, 3.63) is 44.6 Å². The van der Waals surface area contributed by atoms with E-state index in [9.17, 15) is 4.79 Å². The van der Waals surface area contributed by atoms with Gasteiger partial charge in [0.25, 0.3) is 0 Å². The minimum absolute atomic E-state index is 0.0582. The zero-order valence-electron chi connectivity index (χ0n) is 8.30. The van der Waals surface area contributed by atoms with Crippen molar-refractivity contribution in [1.82, 2.24) is 9.55 Å². The van der Waals surface area contributed by atoms with Gasteiger partial charge in [-0.25, -0.2) is 4.98 Å². The number of nitrogen functional groups attached to an aromatic ring is 1. The first-order valence-electron chi connectivity index (χ1n) is 4.52. The van der Waals surface area contributed by atoms with Crippen molar-refractivity contribution in [2.45, 2.75) is 13.5 Å². The van der Waals surface area contributed by atoms with Gasteiger partial charge in [0.15, 0.2) is 0 Å². The van der Waals surface area contributed by atoms with Gasteiger partial charge < -0.3 is 5.73 Å². The standard InChI is InChI=1S/C10H11N3OS/c1-7-6-15-10(14)13(7)5-8-2-3-12-9(11)4-8/h2-4,6H,5H2,1H3,(H2,11,12). The summed E-state index contributed by atoms with van der Waals surface area (Å²) in [5.74, 6) is 0.480. The van der Waals surface area contributed by atoms with E-state index >= 15 is 0 Å². The van der Waals surface area contributed by atoms with Gasteiger partial charge in [0, 0.05) is 17.3 Å². The molecule has 15 heavy (non-hydrogen) atoms. The molecule has 0 aliphatic heterocycles. The van der Waals surface area contributed by atoms with Crippen molar-refractivity contribution in [2.24, 2.45) is 0 Å². The number of hydrogen-bond donors (Lipinski definition) is 1. The zero-order chi connectivity index (χ0) is 10.8. The normalized spacial score (nSPS) is 10.5. The highest BCUT2D eigenvalue weighted by Gasteiger charge is 2.03. The van der Waals surface area contributed by atoms with E-state index < -0.39 is 0 Å². The number of nitrogens with zero attached hydrogens (tertiary/aromatic N) is 2. The Hall–Kier alpha value is -1.62. The largest absolute Gasteiger partial charge is 0.384 e. The number of hydrogen-bond acceptors (Lipinski definition) is 4. The topological polar surface area (TPSA) is 60.9 Å². The fraction of sp³-hybridized carbons (Fsp3) is 0.200. The highest BCUT2D eigenvalue weighted by atomic mass is 32.1. The minimum Gasteiger partial charge on any atom is -0.384 e. The number of pyridine rings is 1. The van der Waals surface area contributed by atoms with Crippen LogP contribution in [0.5, 0.6) is 0 Å². The summed E-state index contributed by atoms with van der Waals surface area (Å²) in [5, 5.41) is 1.85. The first kappa shape index (κ1) is 9.92. The molecule has 0 spiro atoms. The van der Waals surface area contributed by atoms with Gasteiger partial charge in [0.1, 0.15) is 5.82 Å². The van der Waals surface area contributed by atoms with E-state index in [2.05, 4.69) is 4.98 Å². The summed E-state index contributed by atoms with van der Waals surface area (Å²) in [6, 6.07) is 3.64. The lowest BCUT2D eigenvalue weighted by atomic mass is 10.2. The van der Waals surface area contributed by atoms with Crippen LogP contribution in [0.25, 0.3) is 0 Å². The van der Waals surface area contributed by atoms with E-state index in [4.69, 9.17) is 5.73 Å². The highest BCUT2D eigenvalue weighted by Crippen LogP contribution is 2.07. The van der Waals surface area contributed by atoms with E-state index in [-0.39, 0.29) is 4.87 Å². The first-order valence-corrected chi connectivity index (χ1v) is 5.40. The number of aromatic nitrogens is 2. The third kappa shape index (κ3) is 2.07. The molecule has 0 atom stereocenters. The molecular formula is C10H11N3OS.